The van der Waals surface area contributed by atoms with E-state index in [0.717, 1.165) is 36.0 Å². The summed E-state index contributed by atoms with van der Waals surface area (Å²) in [6.07, 6.45) is 2.81. The molecule has 1 amide bonds. The highest BCUT2D eigenvalue weighted by atomic mass is 16.1. The van der Waals surface area contributed by atoms with Crippen LogP contribution in [0.25, 0.3) is 0 Å². The molecule has 0 fully saturated rings. The maximum atomic E-state index is 12.9. The number of amides is 1. The van der Waals surface area contributed by atoms with Crippen LogP contribution in [-0.2, 0) is 19.3 Å². The van der Waals surface area contributed by atoms with Crippen molar-refractivity contribution < 1.29 is 4.79 Å². The molecular formula is C25H27NO. The number of hydrogen-bond acceptors (Lipinski definition) is 1. The lowest BCUT2D eigenvalue weighted by Gasteiger charge is -2.16. The first-order valence-electron chi connectivity index (χ1n) is 9.69. The minimum absolute atomic E-state index is 0.00858. The summed E-state index contributed by atoms with van der Waals surface area (Å²) in [5, 5.41) is 3.15. The summed E-state index contributed by atoms with van der Waals surface area (Å²) in [6.45, 7) is 4.18. The van der Waals surface area contributed by atoms with E-state index in [1.54, 1.807) is 0 Å². The predicted molar refractivity (Wildman–Crippen MR) is 112 cm³/mol. The zero-order chi connectivity index (χ0) is 19.1. The fraction of sp³-hybridized carbons (Fsp3) is 0.240. The number of benzene rings is 3. The van der Waals surface area contributed by atoms with Crippen molar-refractivity contribution in [3.8, 4) is 0 Å². The standard InChI is InChI=1S/C25H27NO/c1-3-20-13-16-22(17-14-20)19(2)26-25(27)24-12-8-7-11-23(24)18-15-21-9-5-4-6-10-21/h4-14,16-17,19H,3,15,18H2,1-2H3,(H,26,27). The maximum absolute atomic E-state index is 12.9. The molecule has 0 aliphatic heterocycles. The van der Waals surface area contributed by atoms with Crippen LogP contribution >= 0.6 is 0 Å². The summed E-state index contributed by atoms with van der Waals surface area (Å²) in [7, 11) is 0. The SMILES string of the molecule is CCc1ccc(C(C)NC(=O)c2ccccc2CCc2ccccc2)cc1. The van der Waals surface area contributed by atoms with Gasteiger partial charge in [0.1, 0.15) is 0 Å². The van der Waals surface area contributed by atoms with E-state index in [1.165, 1.54) is 11.1 Å². The van der Waals surface area contributed by atoms with Gasteiger partial charge in [0.25, 0.3) is 5.91 Å². The molecule has 0 bridgehead atoms. The van der Waals surface area contributed by atoms with Crippen LogP contribution in [0.1, 0.15) is 52.5 Å². The summed E-state index contributed by atoms with van der Waals surface area (Å²) in [5.74, 6) is -0.00858. The third-order valence-corrected chi connectivity index (χ3v) is 5.02. The van der Waals surface area contributed by atoms with E-state index < -0.39 is 0 Å². The molecule has 0 radical (unpaired) electrons. The molecule has 0 aromatic heterocycles. The van der Waals surface area contributed by atoms with Crippen LogP contribution in [0, 0.1) is 0 Å². The van der Waals surface area contributed by atoms with Crippen molar-refractivity contribution >= 4 is 5.91 Å². The highest BCUT2D eigenvalue weighted by Crippen LogP contribution is 2.17. The van der Waals surface area contributed by atoms with Gasteiger partial charge in [-0.25, -0.2) is 0 Å². The lowest BCUT2D eigenvalue weighted by Crippen LogP contribution is -2.27. The average Bonchev–Trinajstić information content (AvgIpc) is 2.73. The Morgan fingerprint density at radius 1 is 0.815 bits per heavy atom. The zero-order valence-electron chi connectivity index (χ0n) is 16.1. The van der Waals surface area contributed by atoms with Gasteiger partial charge in [-0.05, 0) is 54.5 Å². The Kier molecular flexibility index (Phi) is 6.43. The Labute approximate surface area is 162 Å². The van der Waals surface area contributed by atoms with E-state index in [0.29, 0.717) is 0 Å². The minimum Gasteiger partial charge on any atom is -0.346 e. The molecule has 1 N–H and O–H groups in total. The highest BCUT2D eigenvalue weighted by Gasteiger charge is 2.14. The van der Waals surface area contributed by atoms with Crippen LogP contribution in [0.4, 0.5) is 0 Å². The van der Waals surface area contributed by atoms with Gasteiger partial charge < -0.3 is 5.32 Å². The Morgan fingerprint density at radius 3 is 2.19 bits per heavy atom. The van der Waals surface area contributed by atoms with Gasteiger partial charge in [-0.1, -0.05) is 79.7 Å². The monoisotopic (exact) mass is 357 g/mol. The molecule has 0 saturated carbocycles. The fourth-order valence-corrected chi connectivity index (χ4v) is 3.28. The van der Waals surface area contributed by atoms with E-state index >= 15 is 0 Å². The number of aryl methyl sites for hydroxylation is 3. The Bertz CT molecular complexity index is 868. The second kappa shape index (κ2) is 9.18. The van der Waals surface area contributed by atoms with Crippen molar-refractivity contribution in [2.75, 3.05) is 0 Å². The summed E-state index contributed by atoms with van der Waals surface area (Å²) in [4.78, 5) is 12.9. The fourth-order valence-electron chi connectivity index (χ4n) is 3.28. The molecule has 0 heterocycles. The Morgan fingerprint density at radius 2 is 1.48 bits per heavy atom. The van der Waals surface area contributed by atoms with Crippen molar-refractivity contribution in [2.24, 2.45) is 0 Å². The summed E-state index contributed by atoms with van der Waals surface area (Å²) in [5.41, 5.74) is 5.58. The number of nitrogens with one attached hydrogen (secondary N) is 1. The smallest absolute Gasteiger partial charge is 0.252 e. The minimum atomic E-state index is -0.0226. The summed E-state index contributed by atoms with van der Waals surface area (Å²) < 4.78 is 0. The van der Waals surface area contributed by atoms with Crippen LogP contribution in [0.2, 0.25) is 0 Å². The van der Waals surface area contributed by atoms with Gasteiger partial charge in [-0.3, -0.25) is 4.79 Å². The maximum Gasteiger partial charge on any atom is 0.252 e. The average molecular weight is 357 g/mol. The van der Waals surface area contributed by atoms with Crippen molar-refractivity contribution in [3.63, 3.8) is 0 Å². The molecule has 3 rings (SSSR count). The third kappa shape index (κ3) is 5.07. The van der Waals surface area contributed by atoms with Crippen molar-refractivity contribution in [1.29, 1.82) is 0 Å². The van der Waals surface area contributed by atoms with Crippen molar-refractivity contribution in [1.82, 2.24) is 5.32 Å². The van der Waals surface area contributed by atoms with E-state index in [4.69, 9.17) is 0 Å². The molecule has 0 aliphatic rings. The zero-order valence-corrected chi connectivity index (χ0v) is 16.1. The largest absolute Gasteiger partial charge is 0.346 e. The molecule has 2 heteroatoms. The molecule has 138 valence electrons. The van der Waals surface area contributed by atoms with Gasteiger partial charge in [0.05, 0.1) is 6.04 Å². The van der Waals surface area contributed by atoms with Gasteiger partial charge in [0.15, 0.2) is 0 Å². The second-order valence-corrected chi connectivity index (χ2v) is 6.93. The van der Waals surface area contributed by atoms with Gasteiger partial charge in [0, 0.05) is 5.56 Å². The van der Waals surface area contributed by atoms with Crippen LogP contribution in [0.15, 0.2) is 78.9 Å². The first kappa shape index (κ1) is 18.9. The van der Waals surface area contributed by atoms with E-state index in [-0.39, 0.29) is 11.9 Å². The lowest BCUT2D eigenvalue weighted by molar-refractivity contribution is 0.0939. The molecule has 3 aromatic rings. The van der Waals surface area contributed by atoms with Gasteiger partial charge in [-0.15, -0.1) is 0 Å². The van der Waals surface area contributed by atoms with Crippen LogP contribution in [0.3, 0.4) is 0 Å². The molecule has 1 atom stereocenters. The summed E-state index contributed by atoms with van der Waals surface area (Å²) >= 11 is 0. The molecule has 0 saturated heterocycles. The van der Waals surface area contributed by atoms with Crippen LogP contribution in [0.5, 0.6) is 0 Å². The van der Waals surface area contributed by atoms with E-state index in [9.17, 15) is 4.79 Å². The predicted octanol–water partition coefficient (Wildman–Crippen LogP) is 5.53. The second-order valence-electron chi connectivity index (χ2n) is 6.93. The van der Waals surface area contributed by atoms with Gasteiger partial charge >= 0.3 is 0 Å². The number of rotatable bonds is 7. The first-order chi connectivity index (χ1) is 13.2. The topological polar surface area (TPSA) is 29.1 Å². The number of carbonyl (C=O) groups excluding carboxylic acids is 1. The van der Waals surface area contributed by atoms with Crippen LogP contribution in [-0.4, -0.2) is 5.91 Å². The molecule has 27 heavy (non-hydrogen) atoms. The normalized spacial score (nSPS) is 11.8. The summed E-state index contributed by atoms with van der Waals surface area (Å²) in [6, 6.07) is 26.7. The highest BCUT2D eigenvalue weighted by molar-refractivity contribution is 5.95. The van der Waals surface area contributed by atoms with Crippen LogP contribution < -0.4 is 5.32 Å². The molecule has 2 nitrogen and oxygen atoms in total. The Balaban J connectivity index is 1.68. The first-order valence-corrected chi connectivity index (χ1v) is 9.69. The van der Waals surface area contributed by atoms with E-state index in [2.05, 4.69) is 66.8 Å². The van der Waals surface area contributed by atoms with Crippen molar-refractivity contribution in [2.45, 2.75) is 39.2 Å². The number of hydrogen-bond donors (Lipinski definition) is 1. The third-order valence-electron chi connectivity index (χ3n) is 5.02. The molecular weight excluding hydrogens is 330 g/mol. The quantitative estimate of drug-likeness (QED) is 0.592. The van der Waals surface area contributed by atoms with Crippen molar-refractivity contribution in [3.05, 3.63) is 107 Å². The molecule has 0 aliphatic carbocycles. The number of carbonyl (C=O) groups is 1. The molecule has 0 spiro atoms. The Hall–Kier alpha value is -2.87. The van der Waals surface area contributed by atoms with Gasteiger partial charge in [0.2, 0.25) is 0 Å². The van der Waals surface area contributed by atoms with E-state index in [1.807, 2.05) is 31.2 Å². The molecule has 3 aromatic carbocycles. The molecule has 1 unspecified atom stereocenters. The lowest BCUT2D eigenvalue weighted by atomic mass is 9.98. The van der Waals surface area contributed by atoms with Gasteiger partial charge in [-0.2, -0.15) is 0 Å².